The van der Waals surface area contributed by atoms with Crippen molar-refractivity contribution in [3.05, 3.63) is 35.9 Å². The summed E-state index contributed by atoms with van der Waals surface area (Å²) in [4.78, 5) is 17.0. The van der Waals surface area contributed by atoms with Gasteiger partial charge in [0.1, 0.15) is 0 Å². The van der Waals surface area contributed by atoms with Gasteiger partial charge in [0.25, 0.3) is 0 Å². The number of amides is 1. The maximum absolute atomic E-state index is 12.5. The molecule has 0 unspecified atom stereocenters. The third kappa shape index (κ3) is 7.41. The van der Waals surface area contributed by atoms with Gasteiger partial charge in [-0.1, -0.05) is 30.3 Å². The Hall–Kier alpha value is -1.14. The molecule has 3 rings (SSSR count). The maximum Gasteiger partial charge on any atom is 0.222 e. The highest BCUT2D eigenvalue weighted by atomic mass is 35.5. The van der Waals surface area contributed by atoms with Crippen LogP contribution in [0.3, 0.4) is 0 Å². The lowest BCUT2D eigenvalue weighted by Crippen LogP contribution is -2.50. The number of hydrogen-bond acceptors (Lipinski definition) is 4. The molecule has 1 amide bonds. The monoisotopic (exact) mass is 395 g/mol. The standard InChI is InChI=1S/C21H33N3O2.ClH/c22-20(16-18-4-2-1-3-5-18)6-7-21(25)24-12-10-23(11-13-24)17-19-8-14-26-15-9-19;/h1-5,19-20H,6-17,22H2;1H/t20-;/m0./s1. The van der Waals surface area contributed by atoms with Crippen molar-refractivity contribution in [1.82, 2.24) is 9.80 Å². The van der Waals surface area contributed by atoms with Gasteiger partial charge in [0.15, 0.2) is 0 Å². The van der Waals surface area contributed by atoms with E-state index in [4.69, 9.17) is 10.5 Å². The number of benzene rings is 1. The van der Waals surface area contributed by atoms with Crippen LogP contribution in [0.15, 0.2) is 30.3 Å². The van der Waals surface area contributed by atoms with Gasteiger partial charge in [0, 0.05) is 58.4 Å². The number of halogens is 1. The van der Waals surface area contributed by atoms with E-state index in [9.17, 15) is 4.79 Å². The van der Waals surface area contributed by atoms with Gasteiger partial charge in [0.2, 0.25) is 5.91 Å². The summed E-state index contributed by atoms with van der Waals surface area (Å²) in [6, 6.07) is 10.3. The van der Waals surface area contributed by atoms with E-state index in [2.05, 4.69) is 17.0 Å². The molecule has 2 aliphatic heterocycles. The van der Waals surface area contributed by atoms with Crippen molar-refractivity contribution in [2.75, 3.05) is 45.9 Å². The second-order valence-corrected chi connectivity index (χ2v) is 7.73. The van der Waals surface area contributed by atoms with Crippen molar-refractivity contribution >= 4 is 18.3 Å². The van der Waals surface area contributed by atoms with Gasteiger partial charge in [-0.15, -0.1) is 12.4 Å². The van der Waals surface area contributed by atoms with E-state index in [0.717, 1.165) is 64.7 Å². The number of rotatable bonds is 7. The Kier molecular flexibility index (Phi) is 9.56. The minimum atomic E-state index is 0. The third-order valence-electron chi connectivity index (χ3n) is 5.65. The molecule has 152 valence electrons. The van der Waals surface area contributed by atoms with Crippen LogP contribution in [-0.2, 0) is 16.0 Å². The average molecular weight is 396 g/mol. The molecule has 1 atom stereocenters. The summed E-state index contributed by atoms with van der Waals surface area (Å²) in [5.74, 6) is 1.03. The van der Waals surface area contributed by atoms with Gasteiger partial charge in [-0.05, 0) is 37.2 Å². The molecule has 0 radical (unpaired) electrons. The molecule has 2 saturated heterocycles. The lowest BCUT2D eigenvalue weighted by atomic mass is 9.99. The van der Waals surface area contributed by atoms with Crippen LogP contribution >= 0.6 is 12.4 Å². The van der Waals surface area contributed by atoms with Gasteiger partial charge < -0.3 is 15.4 Å². The molecule has 2 heterocycles. The first kappa shape index (κ1) is 22.2. The summed E-state index contributed by atoms with van der Waals surface area (Å²) in [5.41, 5.74) is 7.47. The SMILES string of the molecule is Cl.N[C@@H](CCC(=O)N1CCN(CC2CCOCC2)CC1)Cc1ccccc1. The summed E-state index contributed by atoms with van der Waals surface area (Å²) >= 11 is 0. The maximum atomic E-state index is 12.5. The van der Waals surface area contributed by atoms with E-state index >= 15 is 0 Å². The Morgan fingerprint density at radius 1 is 1.11 bits per heavy atom. The van der Waals surface area contributed by atoms with E-state index < -0.39 is 0 Å². The normalized spacial score (nSPS) is 20.1. The summed E-state index contributed by atoms with van der Waals surface area (Å²) in [7, 11) is 0. The number of nitrogens with zero attached hydrogens (tertiary/aromatic N) is 2. The molecular formula is C21H34ClN3O2. The first-order valence-corrected chi connectivity index (χ1v) is 10.1. The molecule has 0 saturated carbocycles. The smallest absolute Gasteiger partial charge is 0.222 e. The van der Waals surface area contributed by atoms with Crippen molar-refractivity contribution < 1.29 is 9.53 Å². The van der Waals surface area contributed by atoms with Crippen molar-refractivity contribution in [3.63, 3.8) is 0 Å². The van der Waals surface area contributed by atoms with E-state index in [1.165, 1.54) is 18.4 Å². The van der Waals surface area contributed by atoms with E-state index in [1.807, 2.05) is 23.1 Å². The van der Waals surface area contributed by atoms with Crippen LogP contribution in [0, 0.1) is 5.92 Å². The average Bonchev–Trinajstić information content (AvgIpc) is 2.68. The highest BCUT2D eigenvalue weighted by molar-refractivity contribution is 5.85. The largest absolute Gasteiger partial charge is 0.381 e. The number of hydrogen-bond donors (Lipinski definition) is 1. The van der Waals surface area contributed by atoms with Crippen molar-refractivity contribution in [2.24, 2.45) is 11.7 Å². The quantitative estimate of drug-likeness (QED) is 0.769. The molecule has 27 heavy (non-hydrogen) atoms. The topological polar surface area (TPSA) is 58.8 Å². The third-order valence-corrected chi connectivity index (χ3v) is 5.65. The van der Waals surface area contributed by atoms with E-state index in [1.54, 1.807) is 0 Å². The van der Waals surface area contributed by atoms with Gasteiger partial charge in [-0.3, -0.25) is 9.69 Å². The molecule has 5 nitrogen and oxygen atoms in total. The van der Waals surface area contributed by atoms with Crippen molar-refractivity contribution in [1.29, 1.82) is 0 Å². The Bertz CT molecular complexity index is 544. The highest BCUT2D eigenvalue weighted by Gasteiger charge is 2.24. The molecule has 0 aliphatic carbocycles. The Morgan fingerprint density at radius 2 is 1.78 bits per heavy atom. The minimum absolute atomic E-state index is 0. The first-order valence-electron chi connectivity index (χ1n) is 10.1. The summed E-state index contributed by atoms with van der Waals surface area (Å²) in [6.07, 6.45) is 4.52. The molecule has 1 aromatic rings. The molecule has 0 aromatic heterocycles. The van der Waals surface area contributed by atoms with Crippen LogP contribution in [-0.4, -0.2) is 67.7 Å². The number of nitrogens with two attached hydrogens (primary N) is 1. The molecule has 0 spiro atoms. The van der Waals surface area contributed by atoms with E-state index in [0.29, 0.717) is 6.42 Å². The number of piperazine rings is 1. The summed E-state index contributed by atoms with van der Waals surface area (Å²) < 4.78 is 5.44. The molecule has 6 heteroatoms. The Balaban J connectivity index is 0.00000261. The predicted octanol–water partition coefficient (Wildman–Crippen LogP) is 2.33. The Labute approximate surface area is 169 Å². The van der Waals surface area contributed by atoms with Crippen LogP contribution < -0.4 is 5.73 Å². The van der Waals surface area contributed by atoms with Crippen LogP contribution in [0.4, 0.5) is 0 Å². The predicted molar refractivity (Wildman–Crippen MR) is 111 cm³/mol. The van der Waals surface area contributed by atoms with Crippen LogP contribution in [0.5, 0.6) is 0 Å². The zero-order valence-electron chi connectivity index (χ0n) is 16.2. The molecule has 2 aliphatic rings. The van der Waals surface area contributed by atoms with Gasteiger partial charge >= 0.3 is 0 Å². The molecule has 2 N–H and O–H groups in total. The minimum Gasteiger partial charge on any atom is -0.381 e. The van der Waals surface area contributed by atoms with Crippen LogP contribution in [0.1, 0.15) is 31.2 Å². The highest BCUT2D eigenvalue weighted by Crippen LogP contribution is 2.17. The fraction of sp³-hybridized carbons (Fsp3) is 0.667. The van der Waals surface area contributed by atoms with Gasteiger partial charge in [0.05, 0.1) is 0 Å². The number of carbonyl (C=O) groups is 1. The van der Waals surface area contributed by atoms with Crippen LogP contribution in [0.25, 0.3) is 0 Å². The van der Waals surface area contributed by atoms with Crippen molar-refractivity contribution in [2.45, 2.75) is 38.1 Å². The number of ether oxygens (including phenoxy) is 1. The Morgan fingerprint density at radius 3 is 2.44 bits per heavy atom. The summed E-state index contributed by atoms with van der Waals surface area (Å²) in [5, 5.41) is 0. The fourth-order valence-electron chi connectivity index (χ4n) is 3.96. The zero-order chi connectivity index (χ0) is 18.2. The second kappa shape index (κ2) is 11.6. The second-order valence-electron chi connectivity index (χ2n) is 7.73. The van der Waals surface area contributed by atoms with Gasteiger partial charge in [-0.25, -0.2) is 0 Å². The summed E-state index contributed by atoms with van der Waals surface area (Å²) in [6.45, 7) is 6.69. The molecule has 0 bridgehead atoms. The lowest BCUT2D eigenvalue weighted by Gasteiger charge is -2.37. The number of carbonyl (C=O) groups excluding carboxylic acids is 1. The van der Waals surface area contributed by atoms with Crippen LogP contribution in [0.2, 0.25) is 0 Å². The van der Waals surface area contributed by atoms with Gasteiger partial charge in [-0.2, -0.15) is 0 Å². The first-order chi connectivity index (χ1) is 12.7. The lowest BCUT2D eigenvalue weighted by molar-refractivity contribution is -0.133. The molecular weight excluding hydrogens is 362 g/mol. The molecule has 1 aromatic carbocycles. The van der Waals surface area contributed by atoms with E-state index in [-0.39, 0.29) is 24.4 Å². The molecule has 2 fully saturated rings. The van der Waals surface area contributed by atoms with Crippen molar-refractivity contribution in [3.8, 4) is 0 Å². The zero-order valence-corrected chi connectivity index (χ0v) is 17.0. The fourth-order valence-corrected chi connectivity index (χ4v) is 3.96.